The van der Waals surface area contributed by atoms with Gasteiger partial charge in [-0.05, 0) is 31.1 Å². The minimum Gasteiger partial charge on any atom is -0.300 e. The number of carbonyl (C=O) groups excluding carboxylic acids is 1. The van der Waals surface area contributed by atoms with E-state index in [0.717, 1.165) is 0 Å². The van der Waals surface area contributed by atoms with Crippen LogP contribution in [-0.4, -0.2) is 5.78 Å². The van der Waals surface area contributed by atoms with Gasteiger partial charge in [0, 0.05) is 5.92 Å². The Kier molecular flexibility index (Phi) is 2.60. The lowest BCUT2D eigenvalue weighted by molar-refractivity contribution is -0.128. The molecular formula is C11H20O. The predicted molar refractivity (Wildman–Crippen MR) is 51.0 cm³/mol. The molecule has 1 saturated carbocycles. The van der Waals surface area contributed by atoms with Gasteiger partial charge >= 0.3 is 0 Å². The topological polar surface area (TPSA) is 17.1 Å². The van der Waals surface area contributed by atoms with E-state index in [9.17, 15) is 4.79 Å². The number of rotatable bonds is 1. The molecule has 0 spiro atoms. The number of hydrogen-bond acceptors (Lipinski definition) is 1. The van der Waals surface area contributed by atoms with E-state index in [1.165, 1.54) is 19.3 Å². The predicted octanol–water partition coefficient (Wildman–Crippen LogP) is 3.04. The highest BCUT2D eigenvalue weighted by atomic mass is 16.1. The molecule has 0 aromatic heterocycles. The van der Waals surface area contributed by atoms with Crippen molar-refractivity contribution in [3.63, 3.8) is 0 Å². The van der Waals surface area contributed by atoms with Crippen molar-refractivity contribution in [1.29, 1.82) is 0 Å². The third kappa shape index (κ3) is 1.70. The fourth-order valence-corrected chi connectivity index (χ4v) is 2.92. The molecule has 1 fully saturated rings. The van der Waals surface area contributed by atoms with Crippen LogP contribution in [0.1, 0.15) is 47.0 Å². The first kappa shape index (κ1) is 9.76. The van der Waals surface area contributed by atoms with Crippen LogP contribution in [0, 0.1) is 17.3 Å². The molecule has 0 saturated heterocycles. The normalized spacial score (nSPS) is 34.7. The van der Waals surface area contributed by atoms with Crippen molar-refractivity contribution in [1.82, 2.24) is 0 Å². The van der Waals surface area contributed by atoms with Crippen molar-refractivity contribution in [3.8, 4) is 0 Å². The van der Waals surface area contributed by atoms with E-state index in [-0.39, 0.29) is 5.41 Å². The van der Waals surface area contributed by atoms with Crippen LogP contribution in [0.25, 0.3) is 0 Å². The number of Topliss-reactive ketones (excluding diaryl/α,β-unsaturated/α-hetero) is 1. The molecular weight excluding hydrogens is 148 g/mol. The summed E-state index contributed by atoms with van der Waals surface area (Å²) in [7, 11) is 0. The zero-order valence-corrected chi connectivity index (χ0v) is 8.68. The van der Waals surface area contributed by atoms with Gasteiger partial charge in [0.15, 0.2) is 0 Å². The molecule has 0 N–H and O–H groups in total. The van der Waals surface area contributed by atoms with Crippen LogP contribution in [0.2, 0.25) is 0 Å². The fraction of sp³-hybridized carbons (Fsp3) is 0.909. The average Bonchev–Trinajstić information content (AvgIpc) is 1.82. The molecule has 1 nitrogen and oxygen atoms in total. The summed E-state index contributed by atoms with van der Waals surface area (Å²) in [6, 6.07) is 0. The lowest BCUT2D eigenvalue weighted by Crippen LogP contribution is -2.38. The molecule has 1 heteroatoms. The van der Waals surface area contributed by atoms with E-state index in [4.69, 9.17) is 0 Å². The van der Waals surface area contributed by atoms with Gasteiger partial charge in [0.05, 0.1) is 0 Å². The van der Waals surface area contributed by atoms with E-state index >= 15 is 0 Å². The van der Waals surface area contributed by atoms with E-state index in [1.807, 2.05) is 0 Å². The molecule has 1 rings (SSSR count). The lowest BCUT2D eigenvalue weighted by Gasteiger charge is -2.41. The first-order valence-corrected chi connectivity index (χ1v) is 4.95. The molecule has 2 atom stereocenters. The molecule has 1 aliphatic rings. The Bertz CT molecular complexity index is 181. The largest absolute Gasteiger partial charge is 0.300 e. The molecule has 0 aromatic carbocycles. The van der Waals surface area contributed by atoms with Gasteiger partial charge in [-0.15, -0.1) is 0 Å². The van der Waals surface area contributed by atoms with Crippen LogP contribution in [0.4, 0.5) is 0 Å². The molecule has 12 heavy (non-hydrogen) atoms. The van der Waals surface area contributed by atoms with Crippen LogP contribution in [0.15, 0.2) is 0 Å². The summed E-state index contributed by atoms with van der Waals surface area (Å²) in [5.74, 6) is 1.27. The number of carbonyl (C=O) groups is 1. The minimum absolute atomic E-state index is 0.240. The molecule has 0 amide bonds. The second kappa shape index (κ2) is 3.20. The number of hydrogen-bond donors (Lipinski definition) is 0. The van der Waals surface area contributed by atoms with Crippen molar-refractivity contribution >= 4 is 5.78 Å². The van der Waals surface area contributed by atoms with Gasteiger partial charge in [-0.1, -0.05) is 27.2 Å². The summed E-state index contributed by atoms with van der Waals surface area (Å²) in [6.07, 6.45) is 3.73. The van der Waals surface area contributed by atoms with E-state index in [2.05, 4.69) is 20.8 Å². The molecule has 0 radical (unpaired) electrons. The fourth-order valence-electron chi connectivity index (χ4n) is 2.92. The van der Waals surface area contributed by atoms with Gasteiger partial charge in [0.1, 0.15) is 5.78 Å². The van der Waals surface area contributed by atoms with Gasteiger partial charge in [0.25, 0.3) is 0 Å². The maximum atomic E-state index is 11.4. The summed E-state index contributed by atoms with van der Waals surface area (Å²) in [5.41, 5.74) is 0.240. The first-order valence-electron chi connectivity index (χ1n) is 4.95. The van der Waals surface area contributed by atoms with E-state index < -0.39 is 0 Å². The molecule has 0 aromatic rings. The van der Waals surface area contributed by atoms with Crippen LogP contribution in [0.3, 0.4) is 0 Å². The Morgan fingerprint density at radius 1 is 1.42 bits per heavy atom. The molecule has 1 aliphatic carbocycles. The maximum Gasteiger partial charge on any atom is 0.133 e. The van der Waals surface area contributed by atoms with Crippen LogP contribution in [0.5, 0.6) is 0 Å². The Labute approximate surface area is 75.5 Å². The summed E-state index contributed by atoms with van der Waals surface area (Å²) in [6.45, 7) is 8.42. The average molecular weight is 168 g/mol. The second-order valence-electron chi connectivity index (χ2n) is 4.95. The maximum absolute atomic E-state index is 11.4. The minimum atomic E-state index is 0.240. The Morgan fingerprint density at radius 3 is 2.33 bits per heavy atom. The molecule has 70 valence electrons. The third-order valence-electron chi connectivity index (χ3n) is 3.33. The van der Waals surface area contributed by atoms with E-state index in [0.29, 0.717) is 17.6 Å². The van der Waals surface area contributed by atoms with Gasteiger partial charge in [-0.3, -0.25) is 4.79 Å². The molecule has 0 heterocycles. The first-order chi connectivity index (χ1) is 5.45. The van der Waals surface area contributed by atoms with Crippen LogP contribution in [-0.2, 0) is 4.79 Å². The van der Waals surface area contributed by atoms with Gasteiger partial charge < -0.3 is 0 Å². The third-order valence-corrected chi connectivity index (χ3v) is 3.33. The van der Waals surface area contributed by atoms with Crippen LogP contribution >= 0.6 is 0 Å². The summed E-state index contributed by atoms with van der Waals surface area (Å²) in [4.78, 5) is 11.4. The smallest absolute Gasteiger partial charge is 0.133 e. The highest BCUT2D eigenvalue weighted by Gasteiger charge is 2.39. The van der Waals surface area contributed by atoms with Gasteiger partial charge in [-0.2, -0.15) is 0 Å². The number of ketones is 1. The lowest BCUT2D eigenvalue weighted by atomic mass is 9.63. The van der Waals surface area contributed by atoms with Crippen molar-refractivity contribution in [3.05, 3.63) is 0 Å². The van der Waals surface area contributed by atoms with Crippen molar-refractivity contribution in [2.45, 2.75) is 47.0 Å². The van der Waals surface area contributed by atoms with Crippen molar-refractivity contribution < 1.29 is 4.79 Å². The Morgan fingerprint density at radius 2 is 2.00 bits per heavy atom. The molecule has 0 aliphatic heterocycles. The summed E-state index contributed by atoms with van der Waals surface area (Å²) < 4.78 is 0. The standard InChI is InChI=1S/C11H20O/c1-8-6-5-7-11(3,4)10(8)9(2)12/h8,10H,5-7H2,1-4H3. The summed E-state index contributed by atoms with van der Waals surface area (Å²) in [5, 5.41) is 0. The van der Waals surface area contributed by atoms with Crippen molar-refractivity contribution in [2.75, 3.05) is 0 Å². The quantitative estimate of drug-likeness (QED) is 0.588. The Balaban J connectivity index is 2.81. The molecule has 2 unspecified atom stereocenters. The zero-order chi connectivity index (χ0) is 9.35. The second-order valence-corrected chi connectivity index (χ2v) is 4.95. The van der Waals surface area contributed by atoms with Crippen LogP contribution < -0.4 is 0 Å². The van der Waals surface area contributed by atoms with E-state index in [1.54, 1.807) is 6.92 Å². The summed E-state index contributed by atoms with van der Waals surface area (Å²) >= 11 is 0. The van der Waals surface area contributed by atoms with Gasteiger partial charge in [0.2, 0.25) is 0 Å². The zero-order valence-electron chi connectivity index (χ0n) is 8.68. The SMILES string of the molecule is CC(=O)C1C(C)CCCC1(C)C. The molecule has 0 bridgehead atoms. The van der Waals surface area contributed by atoms with Crippen molar-refractivity contribution in [2.24, 2.45) is 17.3 Å². The monoisotopic (exact) mass is 168 g/mol. The Hall–Kier alpha value is -0.330. The highest BCUT2D eigenvalue weighted by Crippen LogP contribution is 2.44. The highest BCUT2D eigenvalue weighted by molar-refractivity contribution is 5.79. The van der Waals surface area contributed by atoms with Gasteiger partial charge in [-0.25, -0.2) is 0 Å².